The van der Waals surface area contributed by atoms with Crippen molar-refractivity contribution in [3.05, 3.63) is 89.5 Å². The molecule has 1 unspecified atom stereocenters. The highest BCUT2D eigenvalue weighted by Crippen LogP contribution is 2.26. The number of anilines is 2. The Hall–Kier alpha value is -6.81. The van der Waals surface area contributed by atoms with E-state index in [2.05, 4.69) is 55.4 Å². The van der Waals surface area contributed by atoms with Gasteiger partial charge in [0, 0.05) is 75.2 Å². The summed E-state index contributed by atoms with van der Waals surface area (Å²) in [7, 11) is 0. The van der Waals surface area contributed by atoms with E-state index in [0.717, 1.165) is 49.7 Å². The number of ether oxygens (including phenoxy) is 1. The molecule has 0 aromatic heterocycles. The minimum absolute atomic E-state index is 0.00722. The quantitative estimate of drug-likeness (QED) is 0.0914. The standard InChI is InChI=1S/C57H80N10O11/c1-4-5-6-7-8-31-78-44-23-21-43(22-24-44)65-29-27-64(28-30-65)42-19-17-40(18-20-42)51(71)60-45-11-9-25-59-54(74)48-33-41(58)34-67(48)57(77)50(37(3)70)63-53(73)46(32-38-13-15-39(35-68)16-14-38)61-55(75)47-12-10-26-66(47)56(76)49(36(2)69)62-52(45)72/h13-24,36-37,41,45-50,68-70H,4-12,25-35,58H2,1-3H3,(H,59,74)(H,60,71)(H,61,75)(H,62,72)(H,63,73)/t36?,37-,41+,45+,46+,47+,48+,49+,50+/m1/s1. The van der Waals surface area contributed by atoms with Crippen LogP contribution in [0.5, 0.6) is 5.75 Å². The van der Waals surface area contributed by atoms with Gasteiger partial charge in [-0.05, 0) is 112 Å². The van der Waals surface area contributed by atoms with Crippen molar-refractivity contribution in [3.63, 3.8) is 0 Å². The number of fused-ring (bicyclic) bond motifs is 2. The maximum absolute atomic E-state index is 14.4. The second-order valence-corrected chi connectivity index (χ2v) is 21.1. The molecule has 21 nitrogen and oxygen atoms in total. The number of hydrogen-bond donors (Lipinski definition) is 9. The van der Waals surface area contributed by atoms with E-state index in [0.29, 0.717) is 24.2 Å². The number of nitrogens with one attached hydrogen (secondary N) is 5. The Morgan fingerprint density at radius 1 is 0.679 bits per heavy atom. The predicted octanol–water partition coefficient (Wildman–Crippen LogP) is 1.24. The van der Waals surface area contributed by atoms with E-state index in [-0.39, 0.29) is 63.9 Å². The van der Waals surface area contributed by atoms with Crippen molar-refractivity contribution in [2.24, 2.45) is 5.73 Å². The van der Waals surface area contributed by atoms with Gasteiger partial charge in [0.25, 0.3) is 5.91 Å². The van der Waals surface area contributed by atoms with Gasteiger partial charge in [0.05, 0.1) is 25.4 Å². The lowest BCUT2D eigenvalue weighted by Gasteiger charge is -2.37. The zero-order valence-electron chi connectivity index (χ0n) is 45.2. The van der Waals surface area contributed by atoms with Gasteiger partial charge in [0.2, 0.25) is 35.4 Å². The maximum Gasteiger partial charge on any atom is 0.251 e. The van der Waals surface area contributed by atoms with Gasteiger partial charge in [0.1, 0.15) is 42.0 Å². The predicted molar refractivity (Wildman–Crippen MR) is 293 cm³/mol. The van der Waals surface area contributed by atoms with Gasteiger partial charge in [0.15, 0.2) is 0 Å². The highest BCUT2D eigenvalue weighted by molar-refractivity contribution is 6.00. The number of rotatable bonds is 16. The Bertz CT molecular complexity index is 2510. The van der Waals surface area contributed by atoms with Crippen LogP contribution in [0.4, 0.5) is 11.4 Å². The Labute approximate surface area is 457 Å². The van der Waals surface area contributed by atoms with Crippen LogP contribution < -0.4 is 46.9 Å². The normalized spacial score (nSPS) is 24.9. The number of nitrogens with two attached hydrogens (primary N) is 1. The first-order valence-corrected chi connectivity index (χ1v) is 27.8. The number of benzene rings is 3. The highest BCUT2D eigenvalue weighted by atomic mass is 16.5. The molecule has 9 atom stereocenters. The van der Waals surface area contributed by atoms with Crippen molar-refractivity contribution < 1.29 is 53.6 Å². The summed E-state index contributed by atoms with van der Waals surface area (Å²) in [6, 6.07) is 13.4. The fourth-order valence-electron chi connectivity index (χ4n) is 10.6. The average Bonchev–Trinajstić information content (AvgIpc) is 4.12. The van der Waals surface area contributed by atoms with Crippen LogP contribution in [0.3, 0.4) is 0 Å². The number of carbonyl (C=O) groups is 7. The lowest BCUT2D eigenvalue weighted by molar-refractivity contribution is -0.145. The minimum Gasteiger partial charge on any atom is -0.494 e. The van der Waals surface area contributed by atoms with Gasteiger partial charge in [-0.3, -0.25) is 33.6 Å². The van der Waals surface area contributed by atoms with Gasteiger partial charge in [-0.2, -0.15) is 0 Å². The van der Waals surface area contributed by atoms with Gasteiger partial charge >= 0.3 is 0 Å². The summed E-state index contributed by atoms with van der Waals surface area (Å²) in [5.41, 5.74) is 9.80. The molecule has 3 aromatic carbocycles. The fourth-order valence-corrected chi connectivity index (χ4v) is 10.6. The van der Waals surface area contributed by atoms with Crippen molar-refractivity contribution in [2.75, 3.05) is 62.2 Å². The molecule has 4 heterocycles. The molecule has 4 aliphatic heterocycles. The first-order chi connectivity index (χ1) is 37.5. The lowest BCUT2D eigenvalue weighted by atomic mass is 10.0. The van der Waals surface area contributed by atoms with E-state index in [1.54, 1.807) is 36.4 Å². The van der Waals surface area contributed by atoms with E-state index in [1.807, 2.05) is 24.3 Å². The minimum atomic E-state index is -1.56. The molecule has 0 spiro atoms. The molecule has 0 bridgehead atoms. The van der Waals surface area contributed by atoms with Gasteiger partial charge in [-0.1, -0.05) is 56.9 Å². The highest BCUT2D eigenvalue weighted by Gasteiger charge is 2.44. The SMILES string of the molecule is CCCCCCCOc1ccc(N2CCN(c3ccc(C(=O)N[C@H]4CCCNC(=O)[C@@H]5C[C@H](N)CN5C(=O)[C@H]([C@@H](C)O)NC(=O)[C@H](Cc5ccc(CO)cc5)NC(=O)[C@@H]5CCCN5C(=O)[C@H](C(C)O)NC4=O)cc3)CC2)cc1. The third kappa shape index (κ3) is 15.5. The first kappa shape index (κ1) is 58.9. The third-order valence-corrected chi connectivity index (χ3v) is 15.2. The van der Waals surface area contributed by atoms with E-state index in [4.69, 9.17) is 10.5 Å². The number of unbranched alkanes of at least 4 members (excludes halogenated alkanes) is 4. The number of aliphatic hydroxyl groups excluding tert-OH is 3. The molecule has 21 heteroatoms. The van der Waals surface area contributed by atoms with E-state index >= 15 is 0 Å². The summed E-state index contributed by atoms with van der Waals surface area (Å²) < 4.78 is 5.96. The summed E-state index contributed by atoms with van der Waals surface area (Å²) in [5.74, 6) is -4.15. The molecule has 78 heavy (non-hydrogen) atoms. The van der Waals surface area contributed by atoms with E-state index in [1.165, 1.54) is 49.3 Å². The molecule has 10 N–H and O–H groups in total. The lowest BCUT2D eigenvalue weighted by Crippen LogP contribution is -2.62. The molecule has 0 radical (unpaired) electrons. The molecule has 7 rings (SSSR count). The van der Waals surface area contributed by atoms with Crippen LogP contribution in [0, 0.1) is 0 Å². The van der Waals surface area contributed by atoms with E-state index < -0.39 is 95.9 Å². The Morgan fingerprint density at radius 2 is 1.27 bits per heavy atom. The molecule has 7 amide bonds. The molecular weight excluding hydrogens is 1000 g/mol. The van der Waals surface area contributed by atoms with E-state index in [9.17, 15) is 48.9 Å². The van der Waals surface area contributed by atoms with Gasteiger partial charge in [-0.25, -0.2) is 0 Å². The van der Waals surface area contributed by atoms with Crippen molar-refractivity contribution in [1.29, 1.82) is 0 Å². The largest absolute Gasteiger partial charge is 0.494 e. The third-order valence-electron chi connectivity index (χ3n) is 15.2. The van der Waals surface area contributed by atoms with Crippen LogP contribution in [0.2, 0.25) is 0 Å². The van der Waals surface area contributed by atoms with Gasteiger partial charge in [-0.15, -0.1) is 0 Å². The number of hydrogen-bond acceptors (Lipinski definition) is 14. The molecule has 4 aliphatic rings. The number of piperazine rings is 1. The molecule has 4 saturated heterocycles. The maximum atomic E-state index is 14.4. The van der Waals surface area contributed by atoms with Crippen LogP contribution in [-0.2, 0) is 41.8 Å². The number of carbonyl (C=O) groups excluding carboxylic acids is 7. The Morgan fingerprint density at radius 3 is 1.88 bits per heavy atom. The monoisotopic (exact) mass is 1080 g/mol. The van der Waals surface area contributed by atoms with Crippen LogP contribution >= 0.6 is 0 Å². The fraction of sp³-hybridized carbons (Fsp3) is 0.561. The smallest absolute Gasteiger partial charge is 0.251 e. The number of nitrogens with zero attached hydrogens (tertiary/aromatic N) is 4. The van der Waals surface area contributed by atoms with Crippen molar-refractivity contribution >= 4 is 52.7 Å². The molecule has 424 valence electrons. The zero-order chi connectivity index (χ0) is 55.9. The summed E-state index contributed by atoms with van der Waals surface area (Å²) in [6.07, 6.45) is 3.65. The number of amides is 7. The zero-order valence-corrected chi connectivity index (χ0v) is 45.2. The van der Waals surface area contributed by atoms with Crippen LogP contribution in [0.25, 0.3) is 0 Å². The second-order valence-electron chi connectivity index (χ2n) is 21.1. The summed E-state index contributed by atoms with van der Waals surface area (Å²) in [4.78, 5) is 106. The molecule has 0 saturated carbocycles. The van der Waals surface area contributed by atoms with Crippen molar-refractivity contribution in [2.45, 2.75) is 153 Å². The average molecular weight is 1080 g/mol. The van der Waals surface area contributed by atoms with Crippen LogP contribution in [0.1, 0.15) is 106 Å². The summed E-state index contributed by atoms with van der Waals surface area (Å²) in [5, 5.41) is 45.3. The summed E-state index contributed by atoms with van der Waals surface area (Å²) in [6.45, 7) is 8.41. The Balaban J connectivity index is 1.06. The first-order valence-electron chi connectivity index (χ1n) is 27.8. The van der Waals surface area contributed by atoms with Crippen molar-refractivity contribution in [3.8, 4) is 5.75 Å². The molecule has 3 aromatic rings. The summed E-state index contributed by atoms with van der Waals surface area (Å²) >= 11 is 0. The topological polar surface area (TPSA) is 289 Å². The van der Waals surface area contributed by atoms with Crippen molar-refractivity contribution in [1.82, 2.24) is 36.4 Å². The van der Waals surface area contributed by atoms with Crippen LogP contribution in [0.15, 0.2) is 72.8 Å². The number of aliphatic hydroxyl groups is 3. The van der Waals surface area contributed by atoms with Crippen LogP contribution in [-0.4, -0.2) is 173 Å². The second kappa shape index (κ2) is 28.2. The molecule has 4 fully saturated rings. The Kier molecular flexibility index (Phi) is 21.3. The molecule has 0 aliphatic carbocycles. The van der Waals surface area contributed by atoms with Gasteiger partial charge < -0.3 is 72.0 Å². The molecular formula is C57H80N10O11.